The molecule has 0 amide bonds. The molecule has 1 fully saturated rings. The van der Waals surface area contributed by atoms with E-state index in [1.807, 2.05) is 30.5 Å². The number of anilines is 1. The number of pyridine rings is 1. The third kappa shape index (κ3) is 4.51. The van der Waals surface area contributed by atoms with Crippen LogP contribution in [0, 0.1) is 16.7 Å². The molecule has 3 rings (SSSR count). The van der Waals surface area contributed by atoms with Gasteiger partial charge in [-0.25, -0.2) is 4.98 Å². The van der Waals surface area contributed by atoms with Gasteiger partial charge >= 0.3 is 0 Å². The predicted molar refractivity (Wildman–Crippen MR) is 113 cm³/mol. The molecule has 1 aromatic carbocycles. The molecule has 0 saturated carbocycles. The molecule has 3 N–H and O–H groups in total. The fourth-order valence-corrected chi connectivity index (χ4v) is 3.60. The highest BCUT2D eigenvalue weighted by atomic mass is 32.1. The number of piperidine rings is 1. The second-order valence-corrected chi connectivity index (χ2v) is 7.57. The van der Waals surface area contributed by atoms with Crippen LogP contribution >= 0.6 is 12.2 Å². The van der Waals surface area contributed by atoms with Crippen molar-refractivity contribution in [3.05, 3.63) is 36.0 Å². The number of hydrogen-bond donors (Lipinski definition) is 3. The van der Waals surface area contributed by atoms with Crippen LogP contribution in [0.1, 0.15) is 31.7 Å². The first-order chi connectivity index (χ1) is 12.4. The summed E-state index contributed by atoms with van der Waals surface area (Å²) in [6.07, 6.45) is 4.38. The molecule has 26 heavy (non-hydrogen) atoms. The molecule has 6 heteroatoms. The average molecular weight is 368 g/mol. The van der Waals surface area contributed by atoms with E-state index < -0.39 is 0 Å². The molecular formula is C20H25N5S. The van der Waals surface area contributed by atoms with E-state index in [1.54, 1.807) is 6.92 Å². The number of hydrogen-bond acceptors (Lipinski definition) is 5. The van der Waals surface area contributed by atoms with Gasteiger partial charge in [0.25, 0.3) is 0 Å². The van der Waals surface area contributed by atoms with Crippen molar-refractivity contribution in [2.24, 2.45) is 5.92 Å². The summed E-state index contributed by atoms with van der Waals surface area (Å²) in [7, 11) is 2.15. The molecule has 0 aliphatic carbocycles. The van der Waals surface area contributed by atoms with Crippen LogP contribution in [0.25, 0.3) is 10.8 Å². The summed E-state index contributed by atoms with van der Waals surface area (Å²) in [4.78, 5) is 7.68. The molecule has 2 aromatic rings. The van der Waals surface area contributed by atoms with E-state index in [1.165, 1.54) is 0 Å². The maximum absolute atomic E-state index is 8.16. The zero-order valence-electron chi connectivity index (χ0n) is 15.3. The Kier molecular flexibility index (Phi) is 5.74. The molecule has 1 aliphatic rings. The first-order valence-corrected chi connectivity index (χ1v) is 9.34. The van der Waals surface area contributed by atoms with Gasteiger partial charge in [0, 0.05) is 35.3 Å². The first-order valence-electron chi connectivity index (χ1n) is 8.93. The molecule has 2 heterocycles. The normalized spacial score (nSPS) is 15.8. The molecule has 1 aromatic heterocycles. The standard InChI is InChI=1S/C20H25N5S/c1-13(21)9-18(22)15-3-4-16-12-23-19(11-17(16)10-15)24-20(26)14-5-7-25(2)8-6-14/h3-4,10-12,14,21-22H,5-9H2,1-2H3,(H,23,24,26). The molecule has 1 aliphatic heterocycles. The molecular weight excluding hydrogens is 342 g/mol. The first kappa shape index (κ1) is 18.6. The quantitative estimate of drug-likeness (QED) is 0.549. The number of rotatable bonds is 5. The van der Waals surface area contributed by atoms with Crippen LogP contribution in [-0.4, -0.2) is 46.4 Å². The van der Waals surface area contributed by atoms with Gasteiger partial charge in [-0.2, -0.15) is 0 Å². The van der Waals surface area contributed by atoms with Crippen LogP contribution in [0.5, 0.6) is 0 Å². The Morgan fingerprint density at radius 3 is 2.65 bits per heavy atom. The van der Waals surface area contributed by atoms with Gasteiger partial charge in [-0.05, 0) is 63.0 Å². The van der Waals surface area contributed by atoms with Gasteiger partial charge in [0.05, 0.1) is 4.99 Å². The highest BCUT2D eigenvalue weighted by molar-refractivity contribution is 7.80. The average Bonchev–Trinajstić information content (AvgIpc) is 2.61. The minimum atomic E-state index is 0.377. The van der Waals surface area contributed by atoms with Crippen LogP contribution in [0.4, 0.5) is 5.82 Å². The number of fused-ring (bicyclic) bond motifs is 1. The van der Waals surface area contributed by atoms with Crippen molar-refractivity contribution in [1.29, 1.82) is 10.8 Å². The molecule has 0 spiro atoms. The molecule has 0 radical (unpaired) electrons. The van der Waals surface area contributed by atoms with E-state index in [0.29, 0.717) is 23.8 Å². The van der Waals surface area contributed by atoms with Crippen LogP contribution in [-0.2, 0) is 0 Å². The highest BCUT2D eigenvalue weighted by Gasteiger charge is 2.20. The number of likely N-dealkylation sites (tertiary alicyclic amines) is 1. The third-order valence-electron chi connectivity index (χ3n) is 4.85. The van der Waals surface area contributed by atoms with Gasteiger partial charge in [-0.15, -0.1) is 0 Å². The monoisotopic (exact) mass is 367 g/mol. The lowest BCUT2D eigenvalue weighted by Crippen LogP contribution is -2.35. The van der Waals surface area contributed by atoms with Crippen molar-refractivity contribution >= 4 is 45.2 Å². The zero-order valence-corrected chi connectivity index (χ0v) is 16.1. The number of thiocarbonyl (C=S) groups is 1. The van der Waals surface area contributed by atoms with Crippen molar-refractivity contribution in [2.45, 2.75) is 26.2 Å². The van der Waals surface area contributed by atoms with E-state index in [4.69, 9.17) is 23.0 Å². The van der Waals surface area contributed by atoms with Crippen molar-refractivity contribution in [3.8, 4) is 0 Å². The number of nitrogens with zero attached hydrogens (tertiary/aromatic N) is 2. The second-order valence-electron chi connectivity index (χ2n) is 7.13. The Hall–Kier alpha value is -2.18. The smallest absolute Gasteiger partial charge is 0.131 e. The topological polar surface area (TPSA) is 75.9 Å². The fraction of sp³-hybridized carbons (Fsp3) is 0.400. The molecule has 1 saturated heterocycles. The summed E-state index contributed by atoms with van der Waals surface area (Å²) in [6.45, 7) is 3.89. The second kappa shape index (κ2) is 8.01. The summed E-state index contributed by atoms with van der Waals surface area (Å²) < 4.78 is 0. The summed E-state index contributed by atoms with van der Waals surface area (Å²) in [5.41, 5.74) is 1.81. The SMILES string of the molecule is CC(=N)CC(=N)c1ccc2cnc(NC(=S)C3CCN(C)CC3)cc2c1. The van der Waals surface area contributed by atoms with Gasteiger partial charge < -0.3 is 21.0 Å². The number of aromatic nitrogens is 1. The Balaban J connectivity index is 1.76. The fourth-order valence-electron chi connectivity index (χ4n) is 3.26. The molecule has 136 valence electrons. The van der Waals surface area contributed by atoms with Gasteiger partial charge in [-0.3, -0.25) is 0 Å². The summed E-state index contributed by atoms with van der Waals surface area (Å²) >= 11 is 5.60. The van der Waals surface area contributed by atoms with E-state index in [9.17, 15) is 0 Å². The van der Waals surface area contributed by atoms with Crippen molar-refractivity contribution in [1.82, 2.24) is 9.88 Å². The molecule has 0 bridgehead atoms. The van der Waals surface area contributed by atoms with Gasteiger partial charge in [0.15, 0.2) is 0 Å². The van der Waals surface area contributed by atoms with Crippen molar-refractivity contribution < 1.29 is 0 Å². The van der Waals surface area contributed by atoms with E-state index >= 15 is 0 Å². The lowest BCUT2D eigenvalue weighted by atomic mass is 9.97. The van der Waals surface area contributed by atoms with Gasteiger partial charge in [0.1, 0.15) is 5.82 Å². The zero-order chi connectivity index (χ0) is 18.7. The number of nitrogens with one attached hydrogen (secondary N) is 3. The summed E-state index contributed by atoms with van der Waals surface area (Å²) in [5, 5.41) is 21.1. The minimum absolute atomic E-state index is 0.377. The van der Waals surface area contributed by atoms with Crippen LogP contribution in [0.15, 0.2) is 30.5 Å². The maximum atomic E-state index is 8.16. The molecule has 0 unspecified atom stereocenters. The third-order valence-corrected chi connectivity index (χ3v) is 5.29. The van der Waals surface area contributed by atoms with E-state index in [0.717, 1.165) is 53.1 Å². The van der Waals surface area contributed by atoms with E-state index in [-0.39, 0.29) is 0 Å². The van der Waals surface area contributed by atoms with Gasteiger partial charge in [0.2, 0.25) is 0 Å². The highest BCUT2D eigenvalue weighted by Crippen LogP contribution is 2.22. The largest absolute Gasteiger partial charge is 0.334 e. The van der Waals surface area contributed by atoms with Crippen molar-refractivity contribution in [2.75, 3.05) is 25.5 Å². The Morgan fingerprint density at radius 1 is 1.23 bits per heavy atom. The van der Waals surface area contributed by atoms with Crippen LogP contribution in [0.3, 0.4) is 0 Å². The van der Waals surface area contributed by atoms with Crippen molar-refractivity contribution in [3.63, 3.8) is 0 Å². The maximum Gasteiger partial charge on any atom is 0.131 e. The number of benzene rings is 1. The minimum Gasteiger partial charge on any atom is -0.334 e. The lowest BCUT2D eigenvalue weighted by Gasteiger charge is -2.29. The van der Waals surface area contributed by atoms with Crippen LogP contribution in [0.2, 0.25) is 0 Å². The summed E-state index contributed by atoms with van der Waals surface area (Å²) in [6, 6.07) is 7.88. The Bertz CT molecular complexity index is 852. The Labute approximate surface area is 159 Å². The molecule has 5 nitrogen and oxygen atoms in total. The molecule has 0 atom stereocenters. The summed E-state index contributed by atoms with van der Waals surface area (Å²) in [5.74, 6) is 1.17. The van der Waals surface area contributed by atoms with Gasteiger partial charge in [-0.1, -0.05) is 24.4 Å². The van der Waals surface area contributed by atoms with Crippen LogP contribution < -0.4 is 5.32 Å². The lowest BCUT2D eigenvalue weighted by molar-refractivity contribution is 0.253. The predicted octanol–water partition coefficient (Wildman–Crippen LogP) is 4.11. The van der Waals surface area contributed by atoms with E-state index in [2.05, 4.69) is 22.2 Å². The Morgan fingerprint density at radius 2 is 1.96 bits per heavy atom.